The molecule has 0 heterocycles. The second-order valence-corrected chi connectivity index (χ2v) is 4.29. The zero-order chi connectivity index (χ0) is 14.1. The van der Waals surface area contributed by atoms with Crippen molar-refractivity contribution in [3.8, 4) is 0 Å². The number of carboxylic acids is 1. The van der Waals surface area contributed by atoms with Crippen molar-refractivity contribution in [1.29, 1.82) is 0 Å². The van der Waals surface area contributed by atoms with Gasteiger partial charge in [-0.2, -0.15) is 0 Å². The van der Waals surface area contributed by atoms with Gasteiger partial charge in [-0.25, -0.2) is 4.79 Å². The van der Waals surface area contributed by atoms with Crippen LogP contribution in [0.5, 0.6) is 0 Å². The quantitative estimate of drug-likeness (QED) is 0.561. The number of rotatable bonds is 11. The molecule has 0 saturated carbocycles. The fourth-order valence-electron chi connectivity index (χ4n) is 1.36. The highest BCUT2D eigenvalue weighted by Gasteiger charge is 1.90. The van der Waals surface area contributed by atoms with E-state index >= 15 is 0 Å². The zero-order valence-corrected chi connectivity index (χ0v) is 12.0. The molecule has 18 heavy (non-hydrogen) atoms. The first-order valence-electron chi connectivity index (χ1n) is 7.09. The van der Waals surface area contributed by atoms with Crippen molar-refractivity contribution >= 4 is 5.97 Å². The number of aliphatic hydroxyl groups excluding tert-OH is 1. The molecule has 0 aliphatic rings. The van der Waals surface area contributed by atoms with Crippen molar-refractivity contribution in [1.82, 2.24) is 0 Å². The predicted molar refractivity (Wildman–Crippen MR) is 73.8 cm³/mol. The fourth-order valence-corrected chi connectivity index (χ4v) is 1.36. The molecule has 0 radical (unpaired) electrons. The first-order chi connectivity index (χ1) is 8.68. The molecule has 0 aliphatic heterocycles. The number of carbonyl (C=O) groups is 1. The molecular formula is C14H30O4. The Morgan fingerprint density at radius 2 is 1.28 bits per heavy atom. The first kappa shape index (κ1) is 19.7. The van der Waals surface area contributed by atoms with Crippen LogP contribution in [-0.4, -0.2) is 36.0 Å². The minimum absolute atomic E-state index is 0.778. The van der Waals surface area contributed by atoms with Gasteiger partial charge in [-0.15, -0.1) is 0 Å². The van der Waals surface area contributed by atoms with Gasteiger partial charge in [0.25, 0.3) is 0 Å². The molecule has 4 nitrogen and oxygen atoms in total. The summed E-state index contributed by atoms with van der Waals surface area (Å²) in [4.78, 5) is 9.12. The monoisotopic (exact) mass is 262 g/mol. The average Bonchev–Trinajstić information content (AvgIpc) is 2.37. The molecule has 4 heteroatoms. The van der Waals surface area contributed by atoms with E-state index in [0.717, 1.165) is 13.2 Å². The molecule has 0 saturated heterocycles. The van der Waals surface area contributed by atoms with Gasteiger partial charge in [0.2, 0.25) is 0 Å². The highest BCUT2D eigenvalue weighted by molar-refractivity contribution is 5.67. The molecule has 0 fully saturated rings. The van der Waals surface area contributed by atoms with Crippen LogP contribution in [0.2, 0.25) is 0 Å². The Morgan fingerprint density at radius 1 is 0.889 bits per heavy atom. The number of hydrogen-bond donors (Lipinski definition) is 2. The largest absolute Gasteiger partial charge is 0.480 e. The Bertz CT molecular complexity index is 150. The normalized spacial score (nSPS) is 9.72. The first-order valence-corrected chi connectivity index (χ1v) is 7.09. The Kier molecular flexibility index (Phi) is 20.5. The van der Waals surface area contributed by atoms with Crippen LogP contribution in [0.4, 0.5) is 0 Å². The van der Waals surface area contributed by atoms with E-state index in [9.17, 15) is 0 Å². The Hall–Kier alpha value is -0.610. The molecule has 0 unspecified atom stereocenters. The van der Waals surface area contributed by atoms with Crippen LogP contribution >= 0.6 is 0 Å². The SMILES string of the molecule is CCCCCCOCCCCCC.O=C(O)CO. The van der Waals surface area contributed by atoms with Crippen molar-refractivity contribution < 1.29 is 19.7 Å². The van der Waals surface area contributed by atoms with Crippen LogP contribution in [0, 0.1) is 0 Å². The molecule has 0 bridgehead atoms. The highest BCUT2D eigenvalue weighted by atomic mass is 16.5. The van der Waals surface area contributed by atoms with Crippen molar-refractivity contribution in [2.24, 2.45) is 0 Å². The van der Waals surface area contributed by atoms with Gasteiger partial charge in [-0.3, -0.25) is 0 Å². The highest BCUT2D eigenvalue weighted by Crippen LogP contribution is 2.01. The van der Waals surface area contributed by atoms with E-state index in [1.807, 2.05) is 0 Å². The van der Waals surface area contributed by atoms with Gasteiger partial charge in [0, 0.05) is 13.2 Å². The van der Waals surface area contributed by atoms with Crippen LogP contribution < -0.4 is 0 Å². The summed E-state index contributed by atoms with van der Waals surface area (Å²) >= 11 is 0. The van der Waals surface area contributed by atoms with Crippen molar-refractivity contribution in [3.05, 3.63) is 0 Å². The lowest BCUT2D eigenvalue weighted by atomic mass is 10.2. The smallest absolute Gasteiger partial charge is 0.329 e. The number of aliphatic carboxylic acids is 1. The third-order valence-electron chi connectivity index (χ3n) is 2.42. The topological polar surface area (TPSA) is 66.8 Å². The number of hydrogen-bond acceptors (Lipinski definition) is 3. The molecule has 0 aromatic rings. The van der Waals surface area contributed by atoms with E-state index in [0.29, 0.717) is 0 Å². The van der Waals surface area contributed by atoms with Crippen LogP contribution in [0.3, 0.4) is 0 Å². The second kappa shape index (κ2) is 18.7. The van der Waals surface area contributed by atoms with E-state index in [-0.39, 0.29) is 0 Å². The molecule has 0 aliphatic carbocycles. The van der Waals surface area contributed by atoms with Crippen molar-refractivity contribution in [2.45, 2.75) is 65.2 Å². The van der Waals surface area contributed by atoms with Crippen molar-refractivity contribution in [2.75, 3.05) is 19.8 Å². The molecule has 0 rings (SSSR count). The van der Waals surface area contributed by atoms with Crippen LogP contribution in [0.25, 0.3) is 0 Å². The molecule has 0 amide bonds. The van der Waals surface area contributed by atoms with Crippen LogP contribution in [-0.2, 0) is 9.53 Å². The molecule has 110 valence electrons. The summed E-state index contributed by atoms with van der Waals surface area (Å²) in [7, 11) is 0. The van der Waals surface area contributed by atoms with E-state index in [1.165, 1.54) is 51.4 Å². The maximum atomic E-state index is 9.12. The number of ether oxygens (including phenoxy) is 1. The van der Waals surface area contributed by atoms with Gasteiger partial charge >= 0.3 is 5.97 Å². The van der Waals surface area contributed by atoms with Gasteiger partial charge < -0.3 is 14.9 Å². The molecular weight excluding hydrogens is 232 g/mol. The number of carboxylic acid groups (broad SMARTS) is 1. The van der Waals surface area contributed by atoms with Gasteiger partial charge in [-0.05, 0) is 12.8 Å². The lowest BCUT2D eigenvalue weighted by Crippen LogP contribution is -1.98. The lowest BCUT2D eigenvalue weighted by Gasteiger charge is -2.03. The van der Waals surface area contributed by atoms with E-state index in [1.54, 1.807) is 0 Å². The van der Waals surface area contributed by atoms with Crippen molar-refractivity contribution in [3.63, 3.8) is 0 Å². The van der Waals surface area contributed by atoms with Gasteiger partial charge in [-0.1, -0.05) is 52.4 Å². The standard InChI is InChI=1S/C12H26O.C2H4O3/c1-3-5-7-9-11-13-12-10-8-6-4-2;3-1-2(4)5/h3-12H2,1-2H3;3H,1H2,(H,4,5). The van der Waals surface area contributed by atoms with E-state index in [2.05, 4.69) is 13.8 Å². The average molecular weight is 262 g/mol. The predicted octanol–water partition coefficient (Wildman–Crippen LogP) is 3.23. The summed E-state index contributed by atoms with van der Waals surface area (Å²) in [6.45, 7) is 5.66. The second-order valence-electron chi connectivity index (χ2n) is 4.29. The van der Waals surface area contributed by atoms with Crippen LogP contribution in [0.1, 0.15) is 65.2 Å². The summed E-state index contributed by atoms with van der Waals surface area (Å²) in [5, 5.41) is 15.0. The van der Waals surface area contributed by atoms with Gasteiger partial charge in [0.15, 0.2) is 0 Å². The summed E-state index contributed by atoms with van der Waals surface area (Å²) in [5.74, 6) is -1.19. The fraction of sp³-hybridized carbons (Fsp3) is 0.929. The molecule has 0 aromatic carbocycles. The summed E-state index contributed by atoms with van der Waals surface area (Å²) in [5.41, 5.74) is 0. The number of aliphatic hydroxyl groups is 1. The third-order valence-corrected chi connectivity index (χ3v) is 2.42. The maximum absolute atomic E-state index is 9.12. The Labute approximate surface area is 111 Å². The Morgan fingerprint density at radius 3 is 1.56 bits per heavy atom. The molecule has 0 atom stereocenters. The summed E-state index contributed by atoms with van der Waals surface area (Å²) < 4.78 is 5.53. The minimum Gasteiger partial charge on any atom is -0.480 e. The summed E-state index contributed by atoms with van der Waals surface area (Å²) in [6, 6.07) is 0. The Balaban J connectivity index is 0. The minimum atomic E-state index is -1.19. The molecule has 2 N–H and O–H groups in total. The molecule has 0 aromatic heterocycles. The lowest BCUT2D eigenvalue weighted by molar-refractivity contribution is -0.140. The van der Waals surface area contributed by atoms with Crippen LogP contribution in [0.15, 0.2) is 0 Å². The van der Waals surface area contributed by atoms with Gasteiger partial charge in [0.05, 0.1) is 0 Å². The zero-order valence-electron chi connectivity index (χ0n) is 12.0. The molecule has 0 spiro atoms. The third kappa shape index (κ3) is 24.6. The van der Waals surface area contributed by atoms with E-state index in [4.69, 9.17) is 19.7 Å². The summed E-state index contributed by atoms with van der Waals surface area (Å²) in [6.07, 6.45) is 10.5. The van der Waals surface area contributed by atoms with E-state index < -0.39 is 12.6 Å². The number of unbranched alkanes of at least 4 members (excludes halogenated alkanes) is 6. The maximum Gasteiger partial charge on any atom is 0.329 e. The van der Waals surface area contributed by atoms with Gasteiger partial charge in [0.1, 0.15) is 6.61 Å².